The molecule has 0 spiro atoms. The highest BCUT2D eigenvalue weighted by molar-refractivity contribution is 7.20. The molecule has 0 saturated heterocycles. The van der Waals surface area contributed by atoms with Crippen LogP contribution < -0.4 is 10.6 Å². The zero-order valence-electron chi connectivity index (χ0n) is 20.8. The lowest BCUT2D eigenvalue weighted by Crippen LogP contribution is -2.12. The second-order valence-electron chi connectivity index (χ2n) is 8.94. The molecular weight excluding hydrogens is 508 g/mol. The third-order valence-electron chi connectivity index (χ3n) is 6.24. The fourth-order valence-corrected chi connectivity index (χ4v) is 5.12. The van der Waals surface area contributed by atoms with Crippen LogP contribution in [0.4, 0.5) is 10.1 Å². The molecule has 7 nitrogen and oxygen atoms in total. The van der Waals surface area contributed by atoms with Gasteiger partial charge in [0.25, 0.3) is 11.8 Å². The number of aryl methyl sites for hydroxylation is 1. The molecule has 0 unspecified atom stereocenters. The van der Waals surface area contributed by atoms with Gasteiger partial charge in [0, 0.05) is 22.8 Å². The maximum Gasteiger partial charge on any atom is 0.279 e. The Balaban J connectivity index is 1.28. The number of nitrogens with zero attached hydrogens (tertiary/aromatic N) is 2. The molecule has 2 amide bonds. The van der Waals surface area contributed by atoms with E-state index in [0.29, 0.717) is 27.2 Å². The lowest BCUT2D eigenvalue weighted by atomic mass is 10.0. The van der Waals surface area contributed by atoms with E-state index in [2.05, 4.69) is 20.8 Å². The first-order valence-corrected chi connectivity index (χ1v) is 13.1. The van der Waals surface area contributed by atoms with Gasteiger partial charge in [-0.2, -0.15) is 0 Å². The van der Waals surface area contributed by atoms with Crippen LogP contribution in [0.1, 0.15) is 26.4 Å². The quantitative estimate of drug-likeness (QED) is 0.233. The van der Waals surface area contributed by atoms with Crippen molar-refractivity contribution in [2.75, 3.05) is 10.6 Å². The Bertz CT molecular complexity index is 1800. The topological polar surface area (TPSA) is 97.1 Å². The summed E-state index contributed by atoms with van der Waals surface area (Å²) in [6.07, 6.45) is 0. The number of aromatic nitrogens is 2. The van der Waals surface area contributed by atoms with Crippen molar-refractivity contribution < 1.29 is 14.1 Å². The summed E-state index contributed by atoms with van der Waals surface area (Å²) in [5.41, 5.74) is 4.00. The number of anilines is 2. The van der Waals surface area contributed by atoms with Crippen molar-refractivity contribution in [1.29, 1.82) is 0 Å². The van der Waals surface area contributed by atoms with Gasteiger partial charge in [0.05, 0.1) is 0 Å². The predicted octanol–water partition coefficient (Wildman–Crippen LogP) is 7.43. The van der Waals surface area contributed by atoms with Crippen LogP contribution in [0.3, 0.4) is 0 Å². The molecule has 0 atom stereocenters. The molecule has 0 radical (unpaired) electrons. The van der Waals surface area contributed by atoms with Crippen molar-refractivity contribution in [3.05, 3.63) is 120 Å². The molecule has 0 aliphatic carbocycles. The number of hydrogen-bond donors (Lipinski definition) is 2. The first kappa shape index (κ1) is 24.3. The number of rotatable bonds is 6. The minimum atomic E-state index is -0.461. The second-order valence-corrected chi connectivity index (χ2v) is 9.94. The van der Waals surface area contributed by atoms with Gasteiger partial charge in [0.2, 0.25) is 0 Å². The van der Waals surface area contributed by atoms with E-state index in [0.717, 1.165) is 27.5 Å². The molecule has 0 aliphatic rings. The molecule has 0 aliphatic heterocycles. The van der Waals surface area contributed by atoms with Crippen molar-refractivity contribution >= 4 is 44.1 Å². The molecule has 6 rings (SSSR count). The number of carbonyl (C=O) groups is 2. The zero-order chi connectivity index (χ0) is 26.8. The molecule has 8 heteroatoms. The largest absolute Gasteiger partial charge is 0.355 e. The number of benzene rings is 4. The lowest BCUT2D eigenvalue weighted by Gasteiger charge is -2.08. The van der Waals surface area contributed by atoms with Gasteiger partial charge >= 0.3 is 0 Å². The van der Waals surface area contributed by atoms with Crippen LogP contribution in [0.2, 0.25) is 0 Å². The minimum absolute atomic E-state index is 0.128. The number of hydrogen-bond acceptors (Lipinski definition) is 6. The van der Waals surface area contributed by atoms with Gasteiger partial charge in [0.1, 0.15) is 10.7 Å². The number of amides is 2. The van der Waals surface area contributed by atoms with Crippen LogP contribution in [-0.4, -0.2) is 22.0 Å². The third kappa shape index (κ3) is 5.05. The Kier molecular flexibility index (Phi) is 6.44. The van der Waals surface area contributed by atoms with Gasteiger partial charge in [0.15, 0.2) is 16.6 Å². The summed E-state index contributed by atoms with van der Waals surface area (Å²) in [7, 11) is 0. The standard InChI is InChI=1S/C31H22N4O3S/c1-19-14-16-21(17-15-19)26-18-25(35-38-26)29(37)34-31-32-27(22-9-3-2-4-10-22)30(39-31)33-28(36)24-13-7-11-20-8-5-6-12-23(20)24/h2-18H,1H3,(H,33,36)(H,32,34,37). The molecule has 0 fully saturated rings. The smallest absolute Gasteiger partial charge is 0.279 e. The molecule has 2 aromatic heterocycles. The normalized spacial score (nSPS) is 10.9. The Morgan fingerprint density at radius 3 is 2.33 bits per heavy atom. The first-order chi connectivity index (χ1) is 19.0. The van der Waals surface area contributed by atoms with E-state index in [1.165, 1.54) is 11.3 Å². The van der Waals surface area contributed by atoms with Crippen molar-refractivity contribution in [2.24, 2.45) is 0 Å². The molecule has 6 aromatic rings. The molecule has 4 aromatic carbocycles. The molecule has 2 N–H and O–H groups in total. The maximum atomic E-state index is 13.4. The Hall–Kier alpha value is -5.08. The zero-order valence-corrected chi connectivity index (χ0v) is 21.7. The summed E-state index contributed by atoms with van der Waals surface area (Å²) in [5, 5.41) is 12.4. The Labute approximate surface area is 228 Å². The van der Waals surface area contributed by atoms with E-state index in [1.807, 2.05) is 97.9 Å². The highest BCUT2D eigenvalue weighted by atomic mass is 32.1. The van der Waals surface area contributed by atoms with Crippen LogP contribution in [-0.2, 0) is 0 Å². The van der Waals surface area contributed by atoms with Gasteiger partial charge < -0.3 is 9.84 Å². The number of fused-ring (bicyclic) bond motifs is 1. The summed E-state index contributed by atoms with van der Waals surface area (Å²) in [5.74, 6) is -0.227. The summed E-state index contributed by atoms with van der Waals surface area (Å²) in [6.45, 7) is 2.00. The van der Waals surface area contributed by atoms with E-state index < -0.39 is 5.91 Å². The van der Waals surface area contributed by atoms with Crippen LogP contribution in [0, 0.1) is 6.92 Å². The van der Waals surface area contributed by atoms with E-state index in [4.69, 9.17) is 4.52 Å². The van der Waals surface area contributed by atoms with Crippen molar-refractivity contribution in [1.82, 2.24) is 10.1 Å². The Morgan fingerprint density at radius 2 is 1.51 bits per heavy atom. The third-order valence-corrected chi connectivity index (χ3v) is 7.12. The summed E-state index contributed by atoms with van der Waals surface area (Å²) in [4.78, 5) is 31.0. The minimum Gasteiger partial charge on any atom is -0.355 e. The lowest BCUT2D eigenvalue weighted by molar-refractivity contribution is 0.101. The SMILES string of the molecule is Cc1ccc(-c2cc(C(=O)Nc3nc(-c4ccccc4)c(NC(=O)c4cccc5ccccc45)s3)no2)cc1. The van der Waals surface area contributed by atoms with Gasteiger partial charge in [-0.25, -0.2) is 4.98 Å². The van der Waals surface area contributed by atoms with Crippen LogP contribution >= 0.6 is 11.3 Å². The fourth-order valence-electron chi connectivity index (χ4n) is 4.24. The molecule has 2 heterocycles. The number of thiazole rings is 1. The Morgan fingerprint density at radius 1 is 0.769 bits per heavy atom. The second kappa shape index (κ2) is 10.4. The van der Waals surface area contributed by atoms with Gasteiger partial charge in [-0.05, 0) is 23.8 Å². The van der Waals surface area contributed by atoms with Gasteiger partial charge in [-0.15, -0.1) is 0 Å². The van der Waals surface area contributed by atoms with Crippen LogP contribution in [0.25, 0.3) is 33.4 Å². The average Bonchev–Trinajstić information content (AvgIpc) is 3.61. The van der Waals surface area contributed by atoms with Crippen LogP contribution in [0.15, 0.2) is 108 Å². The highest BCUT2D eigenvalue weighted by Gasteiger charge is 2.21. The molecule has 39 heavy (non-hydrogen) atoms. The van der Waals surface area contributed by atoms with E-state index in [-0.39, 0.29) is 11.6 Å². The fraction of sp³-hybridized carbons (Fsp3) is 0.0323. The van der Waals surface area contributed by atoms with E-state index in [1.54, 1.807) is 12.1 Å². The van der Waals surface area contributed by atoms with Crippen molar-refractivity contribution in [3.63, 3.8) is 0 Å². The van der Waals surface area contributed by atoms with Crippen molar-refractivity contribution in [2.45, 2.75) is 6.92 Å². The average molecular weight is 531 g/mol. The van der Waals surface area contributed by atoms with E-state index >= 15 is 0 Å². The monoisotopic (exact) mass is 530 g/mol. The molecule has 0 bridgehead atoms. The highest BCUT2D eigenvalue weighted by Crippen LogP contribution is 2.37. The van der Waals surface area contributed by atoms with Crippen LogP contribution in [0.5, 0.6) is 0 Å². The predicted molar refractivity (Wildman–Crippen MR) is 154 cm³/mol. The van der Waals surface area contributed by atoms with Gasteiger partial charge in [-0.1, -0.05) is 113 Å². The molecular formula is C31H22N4O3S. The van der Waals surface area contributed by atoms with Crippen molar-refractivity contribution in [3.8, 4) is 22.6 Å². The van der Waals surface area contributed by atoms with E-state index in [9.17, 15) is 9.59 Å². The summed E-state index contributed by atoms with van der Waals surface area (Å²) >= 11 is 1.18. The summed E-state index contributed by atoms with van der Waals surface area (Å²) in [6, 6.07) is 32.2. The summed E-state index contributed by atoms with van der Waals surface area (Å²) < 4.78 is 5.40. The van der Waals surface area contributed by atoms with Gasteiger partial charge in [-0.3, -0.25) is 14.9 Å². The number of carbonyl (C=O) groups excluding carboxylic acids is 2. The first-order valence-electron chi connectivity index (χ1n) is 12.3. The molecule has 0 saturated carbocycles. The number of nitrogens with one attached hydrogen (secondary N) is 2. The maximum absolute atomic E-state index is 13.4. The molecule has 190 valence electrons.